The van der Waals surface area contributed by atoms with Crippen LogP contribution in [0.15, 0.2) is 57.5 Å². The highest BCUT2D eigenvalue weighted by Gasteiger charge is 2.23. The molecule has 9 heteroatoms. The summed E-state index contributed by atoms with van der Waals surface area (Å²) in [6.07, 6.45) is 9.24. The van der Waals surface area contributed by atoms with Crippen molar-refractivity contribution >= 4 is 18.5 Å². The molecule has 0 aliphatic carbocycles. The van der Waals surface area contributed by atoms with Crippen molar-refractivity contribution in [2.45, 2.75) is 58.8 Å². The number of nitrogens with one attached hydrogen (secondary N) is 1. The van der Waals surface area contributed by atoms with Crippen LogP contribution in [0.1, 0.15) is 63.0 Å². The fourth-order valence-corrected chi connectivity index (χ4v) is 3.89. The van der Waals surface area contributed by atoms with E-state index in [9.17, 15) is 9.90 Å². The number of oxime groups is 1. The number of fused-ring (bicyclic) bond motifs is 1. The summed E-state index contributed by atoms with van der Waals surface area (Å²) in [5, 5.41) is 16.6. The number of aryl methyl sites for hydroxylation is 1. The highest BCUT2D eigenvalue weighted by Crippen LogP contribution is 2.38. The van der Waals surface area contributed by atoms with Gasteiger partial charge in [0.15, 0.2) is 17.3 Å². The van der Waals surface area contributed by atoms with Crippen LogP contribution in [0.2, 0.25) is 0 Å². The van der Waals surface area contributed by atoms with Gasteiger partial charge >= 0.3 is 5.97 Å². The molecule has 0 radical (unpaired) electrons. The Labute approximate surface area is 213 Å². The van der Waals surface area contributed by atoms with Gasteiger partial charge in [-0.05, 0) is 69.2 Å². The predicted octanol–water partition coefficient (Wildman–Crippen LogP) is 4.79. The standard InChI is InChI=1S/C27H38N4O5/c1-6-8-20(11-12-23(29-4)19(3)28)9-7-10-26(30-5)31-36-16-21(14-27(32)33)22-15-25-24(13-18(22)2)34-17-35-25/h8,11-13,15,21,29H,5-7,9-10,14,16-17,28H2,1-4H3,(H,32,33)/b12-11-,20-8+,23-19-,31-26-. The minimum absolute atomic E-state index is 0.0904. The zero-order chi connectivity index (χ0) is 26.5. The summed E-state index contributed by atoms with van der Waals surface area (Å²) in [5.41, 5.74) is 10.4. The Balaban J connectivity index is 2.00. The molecule has 0 saturated carbocycles. The average Bonchev–Trinajstić information content (AvgIpc) is 3.28. The number of hydrogen-bond donors (Lipinski definition) is 3. The van der Waals surface area contributed by atoms with Crippen molar-refractivity contribution in [2.75, 3.05) is 20.4 Å². The van der Waals surface area contributed by atoms with Crippen LogP contribution in [0.5, 0.6) is 11.5 Å². The molecule has 0 spiro atoms. The molecule has 4 N–H and O–H groups in total. The number of aliphatic imine (C=N–C) groups is 1. The quantitative estimate of drug-likeness (QED) is 0.146. The summed E-state index contributed by atoms with van der Waals surface area (Å²) < 4.78 is 10.9. The Morgan fingerprint density at radius 3 is 2.64 bits per heavy atom. The van der Waals surface area contributed by atoms with E-state index in [0.717, 1.165) is 41.8 Å². The van der Waals surface area contributed by atoms with Gasteiger partial charge in [0, 0.05) is 25.1 Å². The van der Waals surface area contributed by atoms with Crippen LogP contribution in [0.3, 0.4) is 0 Å². The molecule has 36 heavy (non-hydrogen) atoms. The second-order valence-corrected chi connectivity index (χ2v) is 8.54. The number of carbonyl (C=O) groups is 1. The Kier molecular flexibility index (Phi) is 11.6. The molecular weight excluding hydrogens is 460 g/mol. The van der Waals surface area contributed by atoms with Gasteiger partial charge in [0.1, 0.15) is 6.61 Å². The lowest BCUT2D eigenvalue weighted by Crippen LogP contribution is -2.13. The van der Waals surface area contributed by atoms with Crippen molar-refractivity contribution in [3.63, 3.8) is 0 Å². The number of nitrogens with zero attached hydrogens (tertiary/aromatic N) is 2. The number of allylic oxidation sites excluding steroid dienone is 5. The maximum atomic E-state index is 11.5. The first-order valence-corrected chi connectivity index (χ1v) is 12.1. The SMILES string of the molecule is C=N/C(CCCC(/C=C\C(NC)=C(/C)N)=C\CC)=N\OCC(CC(=O)O)c1cc2c(cc1C)OCO2. The third kappa shape index (κ3) is 8.79. The molecule has 1 aromatic rings. The van der Waals surface area contributed by atoms with Crippen molar-refractivity contribution < 1.29 is 24.2 Å². The van der Waals surface area contributed by atoms with E-state index in [0.29, 0.717) is 23.8 Å². The number of aliphatic carboxylic acids is 1. The van der Waals surface area contributed by atoms with E-state index in [1.165, 1.54) is 5.57 Å². The van der Waals surface area contributed by atoms with Gasteiger partial charge in [0.25, 0.3) is 0 Å². The van der Waals surface area contributed by atoms with E-state index in [2.05, 4.69) is 41.3 Å². The number of ether oxygens (including phenoxy) is 2. The van der Waals surface area contributed by atoms with Crippen LogP contribution in [0.25, 0.3) is 0 Å². The maximum Gasteiger partial charge on any atom is 0.304 e. The molecular formula is C27H38N4O5. The van der Waals surface area contributed by atoms with Gasteiger partial charge in [-0.2, -0.15) is 0 Å². The molecule has 2 rings (SSSR count). The van der Waals surface area contributed by atoms with Crippen molar-refractivity contribution in [3.05, 3.63) is 58.5 Å². The molecule has 1 unspecified atom stereocenters. The number of benzene rings is 1. The Bertz CT molecular complexity index is 1040. The number of carboxylic acid groups (broad SMARTS) is 1. The lowest BCUT2D eigenvalue weighted by Gasteiger charge is -2.17. The van der Waals surface area contributed by atoms with Crippen LogP contribution in [0, 0.1) is 6.92 Å². The largest absolute Gasteiger partial charge is 0.481 e. The zero-order valence-corrected chi connectivity index (χ0v) is 21.7. The fraction of sp³-hybridized carbons (Fsp3) is 0.444. The predicted molar refractivity (Wildman–Crippen MR) is 143 cm³/mol. The Hall–Kier alpha value is -3.75. The molecule has 196 valence electrons. The molecule has 1 aromatic carbocycles. The molecule has 9 nitrogen and oxygen atoms in total. The summed E-state index contributed by atoms with van der Waals surface area (Å²) in [6.45, 7) is 9.70. The smallest absolute Gasteiger partial charge is 0.304 e. The number of rotatable bonds is 14. The van der Waals surface area contributed by atoms with E-state index < -0.39 is 11.9 Å². The Morgan fingerprint density at radius 1 is 1.31 bits per heavy atom. The van der Waals surface area contributed by atoms with Crippen LogP contribution >= 0.6 is 0 Å². The summed E-state index contributed by atoms with van der Waals surface area (Å²) in [6, 6.07) is 3.67. The first kappa shape index (κ1) is 28.5. The summed E-state index contributed by atoms with van der Waals surface area (Å²) in [5.74, 6) is 0.407. The summed E-state index contributed by atoms with van der Waals surface area (Å²) >= 11 is 0. The van der Waals surface area contributed by atoms with Crippen LogP contribution < -0.4 is 20.5 Å². The highest BCUT2D eigenvalue weighted by molar-refractivity contribution is 5.85. The molecule has 1 atom stereocenters. The van der Waals surface area contributed by atoms with E-state index in [4.69, 9.17) is 20.0 Å². The third-order valence-corrected chi connectivity index (χ3v) is 5.74. The van der Waals surface area contributed by atoms with Crippen molar-refractivity contribution in [1.29, 1.82) is 0 Å². The molecule has 0 fully saturated rings. The second-order valence-electron chi connectivity index (χ2n) is 8.54. The summed E-state index contributed by atoms with van der Waals surface area (Å²) in [7, 11) is 1.84. The number of nitrogens with two attached hydrogens (primary N) is 1. The van der Waals surface area contributed by atoms with Gasteiger partial charge in [-0.15, -0.1) is 0 Å². The minimum Gasteiger partial charge on any atom is -0.481 e. The van der Waals surface area contributed by atoms with Crippen LogP contribution in [-0.4, -0.2) is 44.1 Å². The maximum absolute atomic E-state index is 11.5. The fourth-order valence-electron chi connectivity index (χ4n) is 3.89. The number of likely N-dealkylation sites (N-methyl/N-ethyl adjacent to an activating group) is 1. The molecule has 0 aromatic heterocycles. The number of carboxylic acids is 1. The van der Waals surface area contributed by atoms with Gasteiger partial charge in [-0.1, -0.05) is 29.8 Å². The van der Waals surface area contributed by atoms with Crippen LogP contribution in [0.4, 0.5) is 0 Å². The highest BCUT2D eigenvalue weighted by atomic mass is 16.7. The number of amidine groups is 1. The molecule has 1 heterocycles. The topological polar surface area (TPSA) is 128 Å². The number of hydrogen-bond acceptors (Lipinski definition) is 7. The summed E-state index contributed by atoms with van der Waals surface area (Å²) in [4.78, 5) is 21.0. The molecule has 1 aliphatic heterocycles. The lowest BCUT2D eigenvalue weighted by atomic mass is 9.92. The molecule has 0 amide bonds. The monoisotopic (exact) mass is 498 g/mol. The van der Waals surface area contributed by atoms with Gasteiger partial charge in [0.2, 0.25) is 6.79 Å². The molecule has 0 bridgehead atoms. The molecule has 0 saturated heterocycles. The van der Waals surface area contributed by atoms with Crippen molar-refractivity contribution in [2.24, 2.45) is 15.9 Å². The first-order valence-electron chi connectivity index (χ1n) is 12.1. The van der Waals surface area contributed by atoms with Gasteiger partial charge < -0.3 is 30.5 Å². The van der Waals surface area contributed by atoms with E-state index in [-0.39, 0.29) is 19.8 Å². The molecule has 1 aliphatic rings. The second kappa shape index (κ2) is 14.6. The zero-order valence-electron chi connectivity index (χ0n) is 21.7. The normalized spacial score (nSPS) is 15.0. The van der Waals surface area contributed by atoms with E-state index >= 15 is 0 Å². The third-order valence-electron chi connectivity index (χ3n) is 5.74. The van der Waals surface area contributed by atoms with Gasteiger partial charge in [-0.25, -0.2) is 4.99 Å². The lowest BCUT2D eigenvalue weighted by molar-refractivity contribution is -0.137. The first-order chi connectivity index (χ1) is 17.3. The van der Waals surface area contributed by atoms with Crippen LogP contribution in [-0.2, 0) is 9.63 Å². The Morgan fingerprint density at radius 2 is 2.03 bits per heavy atom. The average molecular weight is 499 g/mol. The van der Waals surface area contributed by atoms with Gasteiger partial charge in [-0.3, -0.25) is 4.79 Å². The van der Waals surface area contributed by atoms with E-state index in [1.807, 2.05) is 39.1 Å². The van der Waals surface area contributed by atoms with Crippen molar-refractivity contribution in [1.82, 2.24) is 5.32 Å². The van der Waals surface area contributed by atoms with Gasteiger partial charge in [0.05, 0.1) is 12.1 Å². The minimum atomic E-state index is -0.920. The van der Waals surface area contributed by atoms with E-state index in [1.54, 1.807) is 0 Å². The van der Waals surface area contributed by atoms with Crippen molar-refractivity contribution in [3.8, 4) is 11.5 Å².